The minimum Gasteiger partial charge on any atom is -0.327 e. The molecule has 2 nitrogen and oxygen atoms in total. The summed E-state index contributed by atoms with van der Waals surface area (Å²) >= 11 is 0. The topological polar surface area (TPSA) is 43.1 Å². The Kier molecular flexibility index (Phi) is 5.99. The molecule has 1 fully saturated rings. The molecule has 0 heterocycles. The van der Waals surface area contributed by atoms with Crippen LogP contribution in [-0.2, 0) is 4.79 Å². The normalized spacial score (nSPS) is 28.7. The predicted molar refractivity (Wildman–Crippen MR) is 52.0 cm³/mol. The average Bonchev–Trinajstić information content (AvgIpc) is 2.08. The van der Waals surface area contributed by atoms with Crippen LogP contribution in [-0.4, -0.2) is 11.8 Å². The summed E-state index contributed by atoms with van der Waals surface area (Å²) in [4.78, 5) is 10.9. The van der Waals surface area contributed by atoms with E-state index in [-0.39, 0.29) is 17.7 Å². The summed E-state index contributed by atoms with van der Waals surface area (Å²) < 4.78 is 0. The van der Waals surface area contributed by atoms with Gasteiger partial charge in [-0.3, -0.25) is 4.79 Å². The van der Waals surface area contributed by atoms with Gasteiger partial charge < -0.3 is 5.73 Å². The Morgan fingerprint density at radius 2 is 1.75 bits per heavy atom. The van der Waals surface area contributed by atoms with Crippen LogP contribution in [0, 0.1) is 5.92 Å². The molecule has 1 rings (SSSR count). The highest BCUT2D eigenvalue weighted by atomic mass is 16.1. The van der Waals surface area contributed by atoms with E-state index < -0.39 is 0 Å². The van der Waals surface area contributed by atoms with Crippen LogP contribution in [0.3, 0.4) is 0 Å². The molecule has 0 amide bonds. The van der Waals surface area contributed by atoms with Crippen LogP contribution in [0.25, 0.3) is 0 Å². The summed E-state index contributed by atoms with van der Waals surface area (Å²) in [7, 11) is 0. The first-order valence-corrected chi connectivity index (χ1v) is 4.98. The Balaban J connectivity index is 0.000000561. The Morgan fingerprint density at radius 3 is 2.08 bits per heavy atom. The van der Waals surface area contributed by atoms with E-state index in [1.54, 1.807) is 6.92 Å². The highest BCUT2D eigenvalue weighted by molar-refractivity contribution is 5.79. The van der Waals surface area contributed by atoms with Crippen LogP contribution < -0.4 is 5.73 Å². The molecular formula is C10H21NO. The van der Waals surface area contributed by atoms with Crippen LogP contribution in [0.4, 0.5) is 0 Å². The molecule has 1 aliphatic rings. The summed E-state index contributed by atoms with van der Waals surface area (Å²) in [5, 5.41) is 0. The van der Waals surface area contributed by atoms with E-state index in [0.717, 1.165) is 12.8 Å². The van der Waals surface area contributed by atoms with Gasteiger partial charge >= 0.3 is 0 Å². The van der Waals surface area contributed by atoms with Gasteiger partial charge in [-0.15, -0.1) is 0 Å². The van der Waals surface area contributed by atoms with E-state index in [2.05, 4.69) is 0 Å². The first-order valence-electron chi connectivity index (χ1n) is 4.98. The smallest absolute Gasteiger partial charge is 0.134 e. The van der Waals surface area contributed by atoms with Crippen molar-refractivity contribution in [3.8, 4) is 0 Å². The Labute approximate surface area is 75.5 Å². The van der Waals surface area contributed by atoms with Crippen LogP contribution in [0.5, 0.6) is 0 Å². The van der Waals surface area contributed by atoms with E-state index in [1.807, 2.05) is 13.8 Å². The summed E-state index contributed by atoms with van der Waals surface area (Å²) in [5.41, 5.74) is 5.76. The number of carbonyl (C=O) groups is 1. The largest absolute Gasteiger partial charge is 0.327 e. The van der Waals surface area contributed by atoms with Crippen molar-refractivity contribution >= 4 is 5.78 Å². The third-order valence-corrected chi connectivity index (χ3v) is 2.34. The molecule has 2 N–H and O–H groups in total. The first kappa shape index (κ1) is 11.6. The summed E-state index contributed by atoms with van der Waals surface area (Å²) in [6.07, 6.45) is 4.42. The van der Waals surface area contributed by atoms with Crippen LogP contribution in [0.2, 0.25) is 0 Å². The van der Waals surface area contributed by atoms with Gasteiger partial charge in [0.1, 0.15) is 5.78 Å². The molecule has 1 aliphatic carbocycles. The molecule has 0 radical (unpaired) electrons. The van der Waals surface area contributed by atoms with Gasteiger partial charge in [-0.1, -0.05) is 26.7 Å². The molecule has 0 aliphatic heterocycles. The first-order chi connectivity index (χ1) is 5.72. The maximum Gasteiger partial charge on any atom is 0.134 e. The third kappa shape index (κ3) is 3.35. The fraction of sp³-hybridized carbons (Fsp3) is 0.900. The molecule has 1 saturated carbocycles. The van der Waals surface area contributed by atoms with Crippen molar-refractivity contribution < 1.29 is 4.79 Å². The third-order valence-electron chi connectivity index (χ3n) is 2.34. The standard InChI is InChI=1S/C8H15NO.C2H6/c1-6(10)7-4-2-3-5-8(7)9;1-2/h7-8H,2-5,9H2,1H3;1-2H3. The molecule has 0 aromatic carbocycles. The predicted octanol–water partition coefficient (Wildman–Crippen LogP) is 2.12. The molecule has 0 spiro atoms. The van der Waals surface area contributed by atoms with Gasteiger partial charge in [0, 0.05) is 12.0 Å². The van der Waals surface area contributed by atoms with E-state index in [1.165, 1.54) is 12.8 Å². The molecule has 2 atom stereocenters. The molecule has 0 aromatic heterocycles. The lowest BCUT2D eigenvalue weighted by Crippen LogP contribution is -2.36. The van der Waals surface area contributed by atoms with Crippen molar-refractivity contribution in [3.05, 3.63) is 0 Å². The van der Waals surface area contributed by atoms with Crippen molar-refractivity contribution in [3.63, 3.8) is 0 Å². The van der Waals surface area contributed by atoms with Crippen LogP contribution in [0.1, 0.15) is 46.5 Å². The number of nitrogens with two attached hydrogens (primary N) is 1. The zero-order chi connectivity index (χ0) is 9.56. The van der Waals surface area contributed by atoms with Crippen molar-refractivity contribution in [2.45, 2.75) is 52.5 Å². The van der Waals surface area contributed by atoms with Gasteiger partial charge in [0.05, 0.1) is 0 Å². The average molecular weight is 171 g/mol. The quantitative estimate of drug-likeness (QED) is 0.656. The summed E-state index contributed by atoms with van der Waals surface area (Å²) in [5.74, 6) is 0.431. The van der Waals surface area contributed by atoms with Gasteiger partial charge in [0.15, 0.2) is 0 Å². The second-order valence-electron chi connectivity index (χ2n) is 3.17. The van der Waals surface area contributed by atoms with E-state index in [0.29, 0.717) is 0 Å². The Bertz CT molecular complexity index is 134. The van der Waals surface area contributed by atoms with Gasteiger partial charge in [0.25, 0.3) is 0 Å². The zero-order valence-electron chi connectivity index (χ0n) is 8.47. The molecular weight excluding hydrogens is 150 g/mol. The van der Waals surface area contributed by atoms with Crippen LogP contribution >= 0.6 is 0 Å². The lowest BCUT2D eigenvalue weighted by molar-refractivity contribution is -0.122. The fourth-order valence-corrected chi connectivity index (χ4v) is 1.66. The van der Waals surface area contributed by atoms with E-state index in [4.69, 9.17) is 5.73 Å². The Morgan fingerprint density at radius 1 is 1.25 bits per heavy atom. The number of Topliss-reactive ketones (excluding diaryl/α,β-unsaturated/α-hetero) is 1. The van der Waals surface area contributed by atoms with Crippen LogP contribution in [0.15, 0.2) is 0 Å². The van der Waals surface area contributed by atoms with Gasteiger partial charge in [-0.25, -0.2) is 0 Å². The van der Waals surface area contributed by atoms with Crippen molar-refractivity contribution in [2.75, 3.05) is 0 Å². The summed E-state index contributed by atoms with van der Waals surface area (Å²) in [6.45, 7) is 5.65. The van der Waals surface area contributed by atoms with E-state index >= 15 is 0 Å². The lowest BCUT2D eigenvalue weighted by atomic mass is 9.83. The van der Waals surface area contributed by atoms with Gasteiger partial charge in [-0.05, 0) is 19.8 Å². The molecule has 72 valence electrons. The van der Waals surface area contributed by atoms with Gasteiger partial charge in [-0.2, -0.15) is 0 Å². The van der Waals surface area contributed by atoms with Gasteiger partial charge in [0.2, 0.25) is 0 Å². The maximum absolute atomic E-state index is 10.9. The van der Waals surface area contributed by atoms with Crippen molar-refractivity contribution in [2.24, 2.45) is 11.7 Å². The molecule has 2 unspecified atom stereocenters. The second-order valence-corrected chi connectivity index (χ2v) is 3.17. The molecule has 0 saturated heterocycles. The van der Waals surface area contributed by atoms with E-state index in [9.17, 15) is 4.79 Å². The number of hydrogen-bond donors (Lipinski definition) is 1. The Hall–Kier alpha value is -0.370. The minimum absolute atomic E-state index is 0.145. The maximum atomic E-state index is 10.9. The number of ketones is 1. The highest BCUT2D eigenvalue weighted by Crippen LogP contribution is 2.23. The molecule has 2 heteroatoms. The number of carbonyl (C=O) groups excluding carboxylic acids is 1. The lowest BCUT2D eigenvalue weighted by Gasteiger charge is -2.25. The zero-order valence-corrected chi connectivity index (χ0v) is 8.47. The molecule has 0 aromatic rings. The minimum atomic E-state index is 0.145. The van der Waals surface area contributed by atoms with Crippen molar-refractivity contribution in [1.29, 1.82) is 0 Å². The van der Waals surface area contributed by atoms with Crippen molar-refractivity contribution in [1.82, 2.24) is 0 Å². The highest BCUT2D eigenvalue weighted by Gasteiger charge is 2.24. The SMILES string of the molecule is CC.CC(=O)C1CCCCC1N. The fourth-order valence-electron chi connectivity index (χ4n) is 1.66. The molecule has 12 heavy (non-hydrogen) atoms. The monoisotopic (exact) mass is 171 g/mol. The number of rotatable bonds is 1. The number of hydrogen-bond acceptors (Lipinski definition) is 2. The second kappa shape index (κ2) is 6.18. The summed E-state index contributed by atoms with van der Waals surface area (Å²) in [6, 6.07) is 0.145. The molecule has 0 bridgehead atoms.